The van der Waals surface area contributed by atoms with Gasteiger partial charge < -0.3 is 9.80 Å². The van der Waals surface area contributed by atoms with Crippen LogP contribution in [-0.2, 0) is 0 Å². The lowest BCUT2D eigenvalue weighted by Gasteiger charge is -2.25. The number of nitrogens with zero attached hydrogens (tertiary/aromatic N) is 2. The van der Waals surface area contributed by atoms with E-state index >= 15 is 0 Å². The van der Waals surface area contributed by atoms with Crippen molar-refractivity contribution in [2.24, 2.45) is 0 Å². The Hall–Kier alpha value is -7.94. The molecule has 0 atom stereocenters. The Morgan fingerprint density at radius 1 is 0.200 bits per heavy atom. The fraction of sp³-hybridized carbons (Fsp3) is 0. The summed E-state index contributed by atoms with van der Waals surface area (Å²) in [5, 5.41) is 7.71. The van der Waals surface area contributed by atoms with Crippen LogP contribution in [0.2, 0.25) is 0 Å². The van der Waals surface area contributed by atoms with Crippen LogP contribution in [0.5, 0.6) is 0 Å². The van der Waals surface area contributed by atoms with Gasteiger partial charge in [-0.3, -0.25) is 0 Å². The molecule has 11 aromatic rings. The van der Waals surface area contributed by atoms with Crippen molar-refractivity contribution >= 4 is 66.4 Å². The lowest BCUT2D eigenvalue weighted by Crippen LogP contribution is -2.09. The molecule has 60 heavy (non-hydrogen) atoms. The first kappa shape index (κ1) is 35.2. The molecule has 0 spiro atoms. The van der Waals surface area contributed by atoms with Crippen molar-refractivity contribution in [1.29, 1.82) is 0 Å². The van der Waals surface area contributed by atoms with E-state index in [-0.39, 0.29) is 0 Å². The van der Waals surface area contributed by atoms with Gasteiger partial charge in [0.1, 0.15) is 0 Å². The molecular formula is C58H40N2. The van der Waals surface area contributed by atoms with Crippen LogP contribution in [0.25, 0.3) is 65.7 Å². The summed E-state index contributed by atoms with van der Waals surface area (Å²) < 4.78 is 0. The molecule has 0 amide bonds. The maximum atomic E-state index is 2.31. The number of rotatable bonds is 9. The van der Waals surface area contributed by atoms with E-state index in [1.54, 1.807) is 0 Å². The quantitative estimate of drug-likeness (QED) is 0.135. The van der Waals surface area contributed by atoms with Gasteiger partial charge in [0.15, 0.2) is 0 Å². The zero-order valence-corrected chi connectivity index (χ0v) is 33.0. The van der Waals surface area contributed by atoms with E-state index in [0.717, 1.165) is 34.1 Å². The number of benzene rings is 11. The molecule has 0 fully saturated rings. The summed E-state index contributed by atoms with van der Waals surface area (Å²) in [6.45, 7) is 0. The van der Waals surface area contributed by atoms with Crippen LogP contribution in [-0.4, -0.2) is 0 Å². The highest BCUT2D eigenvalue weighted by Gasteiger charge is 2.17. The molecule has 2 nitrogen and oxygen atoms in total. The Kier molecular flexibility index (Phi) is 8.87. The highest BCUT2D eigenvalue weighted by atomic mass is 15.1. The molecule has 0 aromatic heterocycles. The standard InChI is InChI=1S/C58H40N2/c1-5-13-47(14-6-1)59(48-15-7-2-8-16-48)51-33-25-42(26-34-51)41-21-23-43(24-22-41)53-37-29-45-32-40-56-54(38-30-46-31-39-55(53)57(45)58(46)56)44-27-35-52(36-28-44)60(49-17-9-3-10-18-49)50-19-11-4-12-20-50/h1-40H. The molecule has 0 unspecified atom stereocenters. The second kappa shape index (κ2) is 15.1. The Labute approximate surface area is 350 Å². The van der Waals surface area contributed by atoms with Gasteiger partial charge in [-0.05, 0) is 138 Å². The third-order valence-electron chi connectivity index (χ3n) is 11.8. The minimum atomic E-state index is 1.12. The first-order chi connectivity index (χ1) is 29.8. The molecule has 282 valence electrons. The van der Waals surface area contributed by atoms with Crippen molar-refractivity contribution in [1.82, 2.24) is 0 Å². The van der Waals surface area contributed by atoms with E-state index in [2.05, 4.69) is 252 Å². The van der Waals surface area contributed by atoms with E-state index in [9.17, 15) is 0 Å². The predicted molar refractivity (Wildman–Crippen MR) is 256 cm³/mol. The van der Waals surface area contributed by atoms with Crippen molar-refractivity contribution in [3.8, 4) is 33.4 Å². The third kappa shape index (κ3) is 6.32. The summed E-state index contributed by atoms with van der Waals surface area (Å²) in [7, 11) is 0. The highest BCUT2D eigenvalue weighted by Crippen LogP contribution is 2.44. The van der Waals surface area contributed by atoms with Gasteiger partial charge in [0, 0.05) is 34.1 Å². The molecule has 0 aliphatic heterocycles. The molecule has 0 heterocycles. The fourth-order valence-corrected chi connectivity index (χ4v) is 8.94. The largest absolute Gasteiger partial charge is 0.311 e. The minimum absolute atomic E-state index is 1.12. The van der Waals surface area contributed by atoms with Crippen LogP contribution in [0.1, 0.15) is 0 Å². The van der Waals surface area contributed by atoms with Gasteiger partial charge in [0.05, 0.1) is 0 Å². The second-order valence-corrected chi connectivity index (χ2v) is 15.3. The Bertz CT molecular complexity index is 3120. The molecule has 0 N–H and O–H groups in total. The highest BCUT2D eigenvalue weighted by molar-refractivity contribution is 6.27. The summed E-state index contributed by atoms with van der Waals surface area (Å²) >= 11 is 0. The van der Waals surface area contributed by atoms with Crippen LogP contribution in [0, 0.1) is 0 Å². The van der Waals surface area contributed by atoms with Crippen molar-refractivity contribution in [2.45, 2.75) is 0 Å². The van der Waals surface area contributed by atoms with Crippen LogP contribution >= 0.6 is 0 Å². The van der Waals surface area contributed by atoms with Crippen LogP contribution < -0.4 is 9.80 Å². The summed E-state index contributed by atoms with van der Waals surface area (Å²) in [5.41, 5.74) is 14.1. The normalized spacial score (nSPS) is 11.3. The van der Waals surface area contributed by atoms with Gasteiger partial charge in [-0.25, -0.2) is 0 Å². The van der Waals surface area contributed by atoms with E-state index in [4.69, 9.17) is 0 Å². The SMILES string of the molecule is c1ccc(N(c2ccccc2)c2ccc(-c3ccc(-c4ccc5ccc6c(-c7ccc(N(c8ccccc8)c8ccccc8)cc7)ccc7ccc4c5c76)cc3)cc2)cc1. The number of para-hydroxylation sites is 4. The van der Waals surface area contributed by atoms with Crippen molar-refractivity contribution in [2.75, 3.05) is 9.80 Å². The summed E-state index contributed by atoms with van der Waals surface area (Å²) in [6, 6.07) is 87.6. The maximum absolute atomic E-state index is 2.31. The summed E-state index contributed by atoms with van der Waals surface area (Å²) in [6.07, 6.45) is 0. The first-order valence-electron chi connectivity index (χ1n) is 20.6. The predicted octanol–water partition coefficient (Wildman–Crippen LogP) is 16.5. The van der Waals surface area contributed by atoms with E-state index in [1.807, 2.05) is 0 Å². The minimum Gasteiger partial charge on any atom is -0.311 e. The lowest BCUT2D eigenvalue weighted by molar-refractivity contribution is 1.28. The van der Waals surface area contributed by atoms with Gasteiger partial charge in [0.2, 0.25) is 0 Å². The molecule has 11 aromatic carbocycles. The molecule has 2 heteroatoms. The molecule has 0 saturated carbocycles. The number of hydrogen-bond donors (Lipinski definition) is 0. The molecule has 0 aliphatic rings. The zero-order valence-electron chi connectivity index (χ0n) is 33.0. The average Bonchev–Trinajstić information content (AvgIpc) is 3.33. The maximum Gasteiger partial charge on any atom is 0.0462 e. The summed E-state index contributed by atoms with van der Waals surface area (Å²) in [5.74, 6) is 0. The van der Waals surface area contributed by atoms with Crippen LogP contribution in [0.4, 0.5) is 34.1 Å². The van der Waals surface area contributed by atoms with Gasteiger partial charge >= 0.3 is 0 Å². The Morgan fingerprint density at radius 3 is 0.817 bits per heavy atom. The van der Waals surface area contributed by atoms with E-state index in [0.29, 0.717) is 0 Å². The topological polar surface area (TPSA) is 6.48 Å². The molecule has 0 bridgehead atoms. The first-order valence-corrected chi connectivity index (χ1v) is 20.6. The molecule has 0 saturated heterocycles. The van der Waals surface area contributed by atoms with Gasteiger partial charge in [-0.15, -0.1) is 0 Å². The number of anilines is 6. The lowest BCUT2D eigenvalue weighted by atomic mass is 9.87. The third-order valence-corrected chi connectivity index (χ3v) is 11.8. The molecular weight excluding hydrogens is 725 g/mol. The van der Waals surface area contributed by atoms with Crippen molar-refractivity contribution in [3.05, 3.63) is 243 Å². The zero-order chi connectivity index (χ0) is 39.8. The van der Waals surface area contributed by atoms with Crippen LogP contribution in [0.15, 0.2) is 243 Å². The van der Waals surface area contributed by atoms with Crippen LogP contribution in [0.3, 0.4) is 0 Å². The second-order valence-electron chi connectivity index (χ2n) is 15.3. The smallest absolute Gasteiger partial charge is 0.0462 e. The van der Waals surface area contributed by atoms with E-state index in [1.165, 1.54) is 65.7 Å². The summed E-state index contributed by atoms with van der Waals surface area (Å²) in [4.78, 5) is 4.61. The number of hydrogen-bond acceptors (Lipinski definition) is 2. The van der Waals surface area contributed by atoms with E-state index < -0.39 is 0 Å². The van der Waals surface area contributed by atoms with Crippen molar-refractivity contribution < 1.29 is 0 Å². The van der Waals surface area contributed by atoms with Crippen molar-refractivity contribution in [3.63, 3.8) is 0 Å². The average molecular weight is 765 g/mol. The van der Waals surface area contributed by atoms with Gasteiger partial charge in [-0.2, -0.15) is 0 Å². The van der Waals surface area contributed by atoms with Gasteiger partial charge in [-0.1, -0.05) is 170 Å². The Morgan fingerprint density at radius 2 is 0.467 bits per heavy atom. The molecule has 11 rings (SSSR count). The molecule has 0 aliphatic carbocycles. The van der Waals surface area contributed by atoms with Gasteiger partial charge in [0.25, 0.3) is 0 Å². The Balaban J connectivity index is 0.923. The molecule has 0 radical (unpaired) electrons. The monoisotopic (exact) mass is 764 g/mol. The fourth-order valence-electron chi connectivity index (χ4n) is 8.94.